The number of hydrogen-bond donors (Lipinski definition) is 2. The van der Waals surface area contributed by atoms with Gasteiger partial charge in [-0.2, -0.15) is 0 Å². The van der Waals surface area contributed by atoms with Gasteiger partial charge in [-0.05, 0) is 32.4 Å². The van der Waals surface area contributed by atoms with Crippen LogP contribution < -0.4 is 4.72 Å². The van der Waals surface area contributed by atoms with Gasteiger partial charge in [0, 0.05) is 6.54 Å². The quantitative estimate of drug-likeness (QED) is 0.812. The van der Waals surface area contributed by atoms with Crippen molar-refractivity contribution < 1.29 is 13.5 Å². The Kier molecular flexibility index (Phi) is 4.46. The van der Waals surface area contributed by atoms with E-state index in [2.05, 4.69) is 4.72 Å². The van der Waals surface area contributed by atoms with E-state index in [4.69, 9.17) is 5.11 Å². The molecule has 16 heavy (non-hydrogen) atoms. The average Bonchev–Trinajstić information content (AvgIpc) is 2.17. The predicted octanol–water partition coefficient (Wildman–Crippen LogP) is 1.04. The van der Waals surface area contributed by atoms with Crippen LogP contribution in [0.5, 0.6) is 0 Å². The minimum atomic E-state index is -3.43. The van der Waals surface area contributed by atoms with Crippen LogP contribution in [0.15, 0.2) is 29.2 Å². The van der Waals surface area contributed by atoms with Crippen LogP contribution in [0.25, 0.3) is 0 Å². The first-order valence-electron chi connectivity index (χ1n) is 5.16. The van der Waals surface area contributed by atoms with E-state index in [1.165, 1.54) is 0 Å². The molecule has 1 aromatic carbocycles. The Balaban J connectivity index is 2.67. The van der Waals surface area contributed by atoms with Crippen LogP contribution in [-0.4, -0.2) is 26.2 Å². The second-order valence-corrected chi connectivity index (χ2v) is 5.62. The summed E-state index contributed by atoms with van der Waals surface area (Å²) in [6, 6.07) is 6.65. The molecule has 0 radical (unpaired) electrons. The molecule has 0 aromatic heterocycles. The van der Waals surface area contributed by atoms with Crippen molar-refractivity contribution in [2.24, 2.45) is 0 Å². The summed E-state index contributed by atoms with van der Waals surface area (Å²) in [5, 5.41) is 9.02. The van der Waals surface area contributed by atoms with Gasteiger partial charge >= 0.3 is 0 Å². The lowest BCUT2D eigenvalue weighted by atomic mass is 10.2. The van der Waals surface area contributed by atoms with Gasteiger partial charge in [0.2, 0.25) is 10.0 Å². The molecule has 0 bridgehead atoms. The van der Waals surface area contributed by atoms with Crippen LogP contribution in [0.2, 0.25) is 0 Å². The maximum Gasteiger partial charge on any atom is 0.240 e. The normalized spacial score (nSPS) is 13.7. The number of nitrogens with one attached hydrogen (secondary N) is 1. The highest BCUT2D eigenvalue weighted by Gasteiger charge is 2.12. The molecule has 0 fully saturated rings. The molecule has 0 amide bonds. The molecular weight excluding hydrogens is 226 g/mol. The largest absolute Gasteiger partial charge is 0.393 e. The molecule has 90 valence electrons. The fourth-order valence-corrected chi connectivity index (χ4v) is 2.25. The Morgan fingerprint density at radius 2 is 1.88 bits per heavy atom. The number of hydrogen-bond acceptors (Lipinski definition) is 3. The molecule has 0 heterocycles. The zero-order valence-electron chi connectivity index (χ0n) is 9.47. The maximum absolute atomic E-state index is 11.7. The van der Waals surface area contributed by atoms with E-state index in [9.17, 15) is 8.42 Å². The van der Waals surface area contributed by atoms with Gasteiger partial charge < -0.3 is 5.11 Å². The molecule has 1 aromatic rings. The fraction of sp³-hybridized carbons (Fsp3) is 0.455. The van der Waals surface area contributed by atoms with Gasteiger partial charge in [0.15, 0.2) is 0 Å². The Morgan fingerprint density at radius 1 is 1.31 bits per heavy atom. The van der Waals surface area contributed by atoms with Crippen LogP contribution in [0.3, 0.4) is 0 Å². The van der Waals surface area contributed by atoms with Crippen molar-refractivity contribution in [3.63, 3.8) is 0 Å². The number of rotatable bonds is 5. The Bertz CT molecular complexity index is 423. The van der Waals surface area contributed by atoms with Gasteiger partial charge in [-0.3, -0.25) is 0 Å². The summed E-state index contributed by atoms with van der Waals surface area (Å²) >= 11 is 0. The van der Waals surface area contributed by atoms with Crippen molar-refractivity contribution in [1.29, 1.82) is 0 Å². The Hall–Kier alpha value is -0.910. The minimum absolute atomic E-state index is 0.244. The van der Waals surface area contributed by atoms with E-state index in [0.717, 1.165) is 5.56 Å². The van der Waals surface area contributed by atoms with E-state index in [1.54, 1.807) is 31.2 Å². The first-order chi connectivity index (χ1) is 7.42. The van der Waals surface area contributed by atoms with E-state index in [-0.39, 0.29) is 11.4 Å². The van der Waals surface area contributed by atoms with E-state index in [1.807, 2.05) is 6.92 Å². The zero-order valence-corrected chi connectivity index (χ0v) is 10.3. The van der Waals surface area contributed by atoms with Crippen LogP contribution in [0, 0.1) is 6.92 Å². The molecule has 5 heteroatoms. The van der Waals surface area contributed by atoms with Crippen molar-refractivity contribution in [2.75, 3.05) is 6.54 Å². The van der Waals surface area contributed by atoms with Crippen molar-refractivity contribution in [1.82, 2.24) is 4.72 Å². The lowest BCUT2D eigenvalue weighted by Crippen LogP contribution is -2.26. The summed E-state index contributed by atoms with van der Waals surface area (Å²) in [7, 11) is -3.43. The molecule has 0 spiro atoms. The third-order valence-electron chi connectivity index (χ3n) is 2.19. The number of aliphatic hydroxyl groups excluding tert-OH is 1. The highest BCUT2D eigenvalue weighted by atomic mass is 32.2. The van der Waals surface area contributed by atoms with Crippen molar-refractivity contribution in [2.45, 2.75) is 31.3 Å². The first kappa shape index (κ1) is 13.2. The van der Waals surface area contributed by atoms with Gasteiger partial charge in [-0.15, -0.1) is 0 Å². The molecule has 0 aliphatic rings. The third kappa shape index (κ3) is 3.92. The highest BCUT2D eigenvalue weighted by molar-refractivity contribution is 7.89. The molecule has 2 N–H and O–H groups in total. The summed E-state index contributed by atoms with van der Waals surface area (Å²) in [6.45, 7) is 3.77. The molecular formula is C11H17NO3S. The van der Waals surface area contributed by atoms with Crippen LogP contribution in [0.1, 0.15) is 18.9 Å². The molecule has 1 atom stereocenters. The monoisotopic (exact) mass is 243 g/mol. The number of sulfonamides is 1. The standard InChI is InChI=1S/C11H17NO3S/c1-9-3-5-11(6-4-9)16(14,15)12-8-7-10(2)13/h3-6,10,12-13H,7-8H2,1-2H3/t10-/m0/s1. The number of aliphatic hydroxyl groups is 1. The van der Waals surface area contributed by atoms with Crippen molar-refractivity contribution in [3.05, 3.63) is 29.8 Å². The van der Waals surface area contributed by atoms with E-state index < -0.39 is 16.1 Å². The van der Waals surface area contributed by atoms with Crippen LogP contribution in [-0.2, 0) is 10.0 Å². The smallest absolute Gasteiger partial charge is 0.240 e. The third-order valence-corrected chi connectivity index (χ3v) is 3.66. The lowest BCUT2D eigenvalue weighted by Gasteiger charge is -2.08. The van der Waals surface area contributed by atoms with Gasteiger partial charge in [-0.25, -0.2) is 13.1 Å². The summed E-state index contributed by atoms with van der Waals surface area (Å²) < 4.78 is 25.9. The molecule has 4 nitrogen and oxygen atoms in total. The summed E-state index contributed by atoms with van der Waals surface area (Å²) in [6.07, 6.45) is -0.0915. The van der Waals surface area contributed by atoms with Gasteiger partial charge in [-0.1, -0.05) is 17.7 Å². The fourth-order valence-electron chi connectivity index (χ4n) is 1.20. The molecule has 0 aliphatic carbocycles. The first-order valence-corrected chi connectivity index (χ1v) is 6.64. The Labute approximate surface area is 96.4 Å². The molecule has 0 saturated carbocycles. The molecule has 0 saturated heterocycles. The molecule has 1 rings (SSSR count). The second-order valence-electron chi connectivity index (χ2n) is 3.85. The van der Waals surface area contributed by atoms with Gasteiger partial charge in [0.25, 0.3) is 0 Å². The second kappa shape index (κ2) is 5.43. The van der Waals surface area contributed by atoms with Gasteiger partial charge in [0.1, 0.15) is 0 Å². The highest BCUT2D eigenvalue weighted by Crippen LogP contribution is 2.09. The summed E-state index contributed by atoms with van der Waals surface area (Å²) in [5.74, 6) is 0. The topological polar surface area (TPSA) is 66.4 Å². The SMILES string of the molecule is Cc1ccc(S(=O)(=O)NCC[C@H](C)O)cc1. The Morgan fingerprint density at radius 3 is 2.38 bits per heavy atom. The zero-order chi connectivity index (χ0) is 12.2. The molecule has 0 unspecified atom stereocenters. The number of benzene rings is 1. The van der Waals surface area contributed by atoms with E-state index in [0.29, 0.717) is 6.42 Å². The van der Waals surface area contributed by atoms with E-state index >= 15 is 0 Å². The van der Waals surface area contributed by atoms with Crippen LogP contribution in [0.4, 0.5) is 0 Å². The minimum Gasteiger partial charge on any atom is -0.393 e. The maximum atomic E-state index is 11.7. The predicted molar refractivity (Wildman–Crippen MR) is 62.7 cm³/mol. The van der Waals surface area contributed by atoms with Crippen molar-refractivity contribution >= 4 is 10.0 Å². The summed E-state index contributed by atoms with van der Waals surface area (Å²) in [5.41, 5.74) is 1.02. The number of aryl methyl sites for hydroxylation is 1. The summed E-state index contributed by atoms with van der Waals surface area (Å²) in [4.78, 5) is 0.253. The molecule has 0 aliphatic heterocycles. The van der Waals surface area contributed by atoms with Gasteiger partial charge in [0.05, 0.1) is 11.0 Å². The average molecular weight is 243 g/mol. The van der Waals surface area contributed by atoms with Crippen LogP contribution >= 0.6 is 0 Å². The van der Waals surface area contributed by atoms with Crippen molar-refractivity contribution in [3.8, 4) is 0 Å². The lowest BCUT2D eigenvalue weighted by molar-refractivity contribution is 0.186.